The molecule has 3 nitrogen and oxygen atoms in total. The fraction of sp³-hybridized carbons (Fsp3) is 0.294. The van der Waals surface area contributed by atoms with Gasteiger partial charge in [0.05, 0.1) is 5.56 Å². The zero-order chi connectivity index (χ0) is 14.7. The molecule has 106 valence electrons. The molecular formula is C17H16FN3. The summed E-state index contributed by atoms with van der Waals surface area (Å²) >= 11 is 0. The van der Waals surface area contributed by atoms with Crippen LogP contribution >= 0.6 is 0 Å². The van der Waals surface area contributed by atoms with Crippen molar-refractivity contribution in [2.24, 2.45) is 0 Å². The Kier molecular flexibility index (Phi) is 3.83. The second kappa shape index (κ2) is 5.92. The topological polar surface area (TPSA) is 48.7 Å². The maximum absolute atomic E-state index is 13.2. The number of aromatic nitrogens is 1. The Hall–Kier alpha value is -2.41. The van der Waals surface area contributed by atoms with Crippen LogP contribution in [-0.4, -0.2) is 4.98 Å². The molecule has 0 fully saturated rings. The summed E-state index contributed by atoms with van der Waals surface area (Å²) in [5, 5.41) is 12.4. The number of halogens is 1. The molecule has 1 aromatic carbocycles. The van der Waals surface area contributed by atoms with E-state index in [0.717, 1.165) is 36.9 Å². The zero-order valence-electron chi connectivity index (χ0n) is 11.7. The molecule has 1 aliphatic rings. The van der Waals surface area contributed by atoms with E-state index in [1.165, 1.54) is 17.7 Å². The van der Waals surface area contributed by atoms with Crippen molar-refractivity contribution in [1.82, 2.24) is 4.98 Å². The molecule has 0 bridgehead atoms. The van der Waals surface area contributed by atoms with E-state index in [-0.39, 0.29) is 5.82 Å². The maximum atomic E-state index is 13.2. The molecule has 0 atom stereocenters. The van der Waals surface area contributed by atoms with Crippen LogP contribution in [0.15, 0.2) is 30.3 Å². The number of hydrogen-bond donors (Lipinski definition) is 1. The molecule has 0 saturated carbocycles. The van der Waals surface area contributed by atoms with Crippen LogP contribution in [0.25, 0.3) is 0 Å². The lowest BCUT2D eigenvalue weighted by Crippen LogP contribution is -2.10. The van der Waals surface area contributed by atoms with Crippen molar-refractivity contribution in [3.05, 3.63) is 58.5 Å². The summed E-state index contributed by atoms with van der Waals surface area (Å²) < 4.78 is 13.2. The van der Waals surface area contributed by atoms with Crippen molar-refractivity contribution < 1.29 is 4.39 Å². The number of aryl methyl sites for hydroxylation is 2. The first kappa shape index (κ1) is 13.6. The molecule has 1 aromatic heterocycles. The average Bonchev–Trinajstić information content (AvgIpc) is 2.52. The maximum Gasteiger partial charge on any atom is 0.144 e. The number of anilines is 1. The van der Waals surface area contributed by atoms with Gasteiger partial charge in [-0.2, -0.15) is 5.26 Å². The van der Waals surface area contributed by atoms with Crippen molar-refractivity contribution >= 4 is 5.82 Å². The Balaban J connectivity index is 1.83. The molecule has 0 amide bonds. The molecule has 0 radical (unpaired) electrons. The van der Waals surface area contributed by atoms with Crippen LogP contribution in [-0.2, 0) is 19.4 Å². The molecule has 4 heteroatoms. The largest absolute Gasteiger partial charge is 0.365 e. The third kappa shape index (κ3) is 3.03. The van der Waals surface area contributed by atoms with Crippen molar-refractivity contribution in [3.8, 4) is 6.07 Å². The van der Waals surface area contributed by atoms with Gasteiger partial charge in [0.2, 0.25) is 0 Å². The van der Waals surface area contributed by atoms with E-state index in [4.69, 9.17) is 0 Å². The second-order valence-corrected chi connectivity index (χ2v) is 5.29. The summed E-state index contributed by atoms with van der Waals surface area (Å²) in [5.41, 5.74) is 3.67. The highest BCUT2D eigenvalue weighted by atomic mass is 19.1. The first-order valence-corrected chi connectivity index (χ1v) is 7.17. The van der Waals surface area contributed by atoms with Gasteiger partial charge in [0.15, 0.2) is 0 Å². The van der Waals surface area contributed by atoms with Crippen molar-refractivity contribution in [1.29, 1.82) is 5.26 Å². The number of pyridine rings is 1. The van der Waals surface area contributed by atoms with Crippen molar-refractivity contribution in [2.45, 2.75) is 32.2 Å². The van der Waals surface area contributed by atoms with E-state index in [1.54, 1.807) is 6.07 Å². The number of benzene rings is 1. The number of nitrogens with one attached hydrogen (secondary N) is 1. The third-order valence-corrected chi connectivity index (χ3v) is 3.77. The molecule has 3 rings (SSSR count). The van der Waals surface area contributed by atoms with Gasteiger partial charge < -0.3 is 5.32 Å². The van der Waals surface area contributed by atoms with Crippen LogP contribution < -0.4 is 5.32 Å². The molecule has 0 spiro atoms. The van der Waals surface area contributed by atoms with Gasteiger partial charge in [-0.25, -0.2) is 9.37 Å². The van der Waals surface area contributed by atoms with Crippen LogP contribution in [0.4, 0.5) is 10.2 Å². The van der Waals surface area contributed by atoms with Gasteiger partial charge in [-0.1, -0.05) is 12.1 Å². The summed E-state index contributed by atoms with van der Waals surface area (Å²) in [4.78, 5) is 4.59. The standard InChI is InChI=1S/C17H16FN3/c18-15-6-3-4-12(8-15)11-20-17-14(10-19)9-13-5-1-2-7-16(13)21-17/h3-4,6,8-9H,1-2,5,7,11H2,(H,20,21). The van der Waals surface area contributed by atoms with Crippen LogP contribution in [0.3, 0.4) is 0 Å². The molecule has 1 N–H and O–H groups in total. The molecule has 0 aliphatic heterocycles. The first-order chi connectivity index (χ1) is 10.3. The third-order valence-electron chi connectivity index (χ3n) is 3.77. The minimum Gasteiger partial charge on any atom is -0.365 e. The van der Waals surface area contributed by atoms with Gasteiger partial charge in [0.1, 0.15) is 17.7 Å². The van der Waals surface area contributed by atoms with Crippen LogP contribution in [0.1, 0.15) is 35.2 Å². The van der Waals surface area contributed by atoms with Gasteiger partial charge in [-0.15, -0.1) is 0 Å². The summed E-state index contributed by atoms with van der Waals surface area (Å²) in [7, 11) is 0. The highest BCUT2D eigenvalue weighted by molar-refractivity contribution is 5.55. The van der Waals surface area contributed by atoms with E-state index in [9.17, 15) is 9.65 Å². The lowest BCUT2D eigenvalue weighted by atomic mass is 9.95. The fourth-order valence-electron chi connectivity index (χ4n) is 2.69. The van der Waals surface area contributed by atoms with Crippen LogP contribution in [0, 0.1) is 17.1 Å². The SMILES string of the molecule is N#Cc1cc2c(nc1NCc1cccc(F)c1)CCCC2. The molecule has 1 aliphatic carbocycles. The van der Waals surface area contributed by atoms with E-state index in [0.29, 0.717) is 17.9 Å². The Morgan fingerprint density at radius 1 is 1.24 bits per heavy atom. The molecule has 0 unspecified atom stereocenters. The molecule has 2 aromatic rings. The number of hydrogen-bond acceptors (Lipinski definition) is 3. The number of nitriles is 1. The van der Waals surface area contributed by atoms with Gasteiger partial charge >= 0.3 is 0 Å². The molecular weight excluding hydrogens is 265 g/mol. The number of fused-ring (bicyclic) bond motifs is 1. The van der Waals surface area contributed by atoms with Gasteiger partial charge in [0, 0.05) is 12.2 Å². The highest BCUT2D eigenvalue weighted by Crippen LogP contribution is 2.24. The summed E-state index contributed by atoms with van der Waals surface area (Å²) in [6.45, 7) is 0.457. The monoisotopic (exact) mass is 281 g/mol. The van der Waals surface area contributed by atoms with Gasteiger partial charge in [0.25, 0.3) is 0 Å². The van der Waals surface area contributed by atoms with E-state index in [2.05, 4.69) is 16.4 Å². The van der Waals surface area contributed by atoms with Crippen LogP contribution in [0.5, 0.6) is 0 Å². The Morgan fingerprint density at radius 2 is 2.10 bits per heavy atom. The molecule has 0 saturated heterocycles. The lowest BCUT2D eigenvalue weighted by molar-refractivity contribution is 0.626. The normalized spacial score (nSPS) is 13.3. The van der Waals surface area contributed by atoms with E-state index in [1.807, 2.05) is 12.1 Å². The van der Waals surface area contributed by atoms with E-state index >= 15 is 0 Å². The predicted molar refractivity (Wildman–Crippen MR) is 79.3 cm³/mol. The molecule has 1 heterocycles. The summed E-state index contributed by atoms with van der Waals surface area (Å²) in [6.07, 6.45) is 4.28. The van der Waals surface area contributed by atoms with Crippen molar-refractivity contribution in [2.75, 3.05) is 5.32 Å². The summed E-state index contributed by atoms with van der Waals surface area (Å²) in [5.74, 6) is 0.343. The summed E-state index contributed by atoms with van der Waals surface area (Å²) in [6, 6.07) is 10.6. The number of nitrogens with zero attached hydrogens (tertiary/aromatic N) is 2. The quantitative estimate of drug-likeness (QED) is 0.935. The molecule has 21 heavy (non-hydrogen) atoms. The first-order valence-electron chi connectivity index (χ1n) is 7.17. The van der Waals surface area contributed by atoms with Crippen LogP contribution in [0.2, 0.25) is 0 Å². The Morgan fingerprint density at radius 3 is 2.90 bits per heavy atom. The Labute approximate surface area is 123 Å². The Bertz CT molecular complexity index is 704. The minimum atomic E-state index is -0.256. The lowest BCUT2D eigenvalue weighted by Gasteiger charge is -2.17. The second-order valence-electron chi connectivity index (χ2n) is 5.29. The van der Waals surface area contributed by atoms with E-state index < -0.39 is 0 Å². The fourth-order valence-corrected chi connectivity index (χ4v) is 2.69. The number of rotatable bonds is 3. The smallest absolute Gasteiger partial charge is 0.144 e. The van der Waals surface area contributed by atoms with Gasteiger partial charge in [-0.05, 0) is 55.0 Å². The van der Waals surface area contributed by atoms with Crippen molar-refractivity contribution in [3.63, 3.8) is 0 Å². The predicted octanol–water partition coefficient (Wildman–Crippen LogP) is 3.58. The van der Waals surface area contributed by atoms with Gasteiger partial charge in [-0.3, -0.25) is 0 Å². The minimum absolute atomic E-state index is 0.256. The highest BCUT2D eigenvalue weighted by Gasteiger charge is 2.14. The average molecular weight is 281 g/mol. The zero-order valence-corrected chi connectivity index (χ0v) is 11.7.